The third-order valence-electron chi connectivity index (χ3n) is 9.23. The molecule has 0 radical (unpaired) electrons. The molecule has 1 fully saturated rings. The zero-order valence-electron chi connectivity index (χ0n) is 28.2. The van der Waals surface area contributed by atoms with E-state index in [0.717, 1.165) is 35.3 Å². The SMILES string of the molecule is Cc1ccc(-c2ccccc2C(=O)Nc2ccc(C(=O)N3CCC(=O)N(CC(=O)N4CCN(C)CC4)c4ccccc43)c([N+](=O)[O-])c2)c(C)c1. The maximum Gasteiger partial charge on any atom is 0.284 e. The summed E-state index contributed by atoms with van der Waals surface area (Å²) < 4.78 is 0. The fourth-order valence-electron chi connectivity index (χ4n) is 6.51. The molecule has 4 aromatic rings. The summed E-state index contributed by atoms with van der Waals surface area (Å²) in [6.07, 6.45) is -0.0851. The average molecular weight is 675 g/mol. The topological polar surface area (TPSA) is 136 Å². The number of benzene rings is 4. The molecule has 4 amide bonds. The fourth-order valence-corrected chi connectivity index (χ4v) is 6.51. The van der Waals surface area contributed by atoms with Crippen molar-refractivity contribution >= 4 is 46.4 Å². The second-order valence-electron chi connectivity index (χ2n) is 12.7. The van der Waals surface area contributed by atoms with Crippen molar-refractivity contribution in [3.8, 4) is 11.1 Å². The highest BCUT2D eigenvalue weighted by Gasteiger charge is 2.34. The molecule has 0 unspecified atom stereocenters. The number of fused-ring (bicyclic) bond motifs is 1. The molecule has 6 rings (SSSR count). The van der Waals surface area contributed by atoms with Crippen molar-refractivity contribution in [2.75, 3.05) is 61.4 Å². The van der Waals surface area contributed by atoms with Crippen LogP contribution < -0.4 is 15.1 Å². The number of anilines is 3. The predicted octanol–water partition coefficient (Wildman–Crippen LogP) is 5.29. The van der Waals surface area contributed by atoms with Gasteiger partial charge in [-0.15, -0.1) is 0 Å². The first-order valence-corrected chi connectivity index (χ1v) is 16.5. The van der Waals surface area contributed by atoms with Crippen molar-refractivity contribution in [2.45, 2.75) is 20.3 Å². The van der Waals surface area contributed by atoms with Crippen LogP contribution in [0, 0.1) is 24.0 Å². The van der Waals surface area contributed by atoms with E-state index in [0.29, 0.717) is 30.0 Å². The first-order chi connectivity index (χ1) is 24.0. The van der Waals surface area contributed by atoms with E-state index in [1.54, 1.807) is 41.3 Å². The molecule has 0 bridgehead atoms. The van der Waals surface area contributed by atoms with Crippen LogP contribution in [-0.4, -0.2) is 84.7 Å². The first-order valence-electron chi connectivity index (χ1n) is 16.5. The van der Waals surface area contributed by atoms with E-state index >= 15 is 0 Å². The summed E-state index contributed by atoms with van der Waals surface area (Å²) in [4.78, 5) is 72.6. The van der Waals surface area contributed by atoms with Crippen molar-refractivity contribution < 1.29 is 24.1 Å². The van der Waals surface area contributed by atoms with Gasteiger partial charge in [-0.2, -0.15) is 0 Å². The normalized spacial score (nSPS) is 14.9. The van der Waals surface area contributed by atoms with E-state index in [9.17, 15) is 29.3 Å². The number of carbonyl (C=O) groups excluding carboxylic acids is 4. The average Bonchev–Trinajstić information content (AvgIpc) is 3.24. The minimum absolute atomic E-state index is 0.0429. The molecule has 0 aliphatic carbocycles. The molecule has 0 spiro atoms. The van der Waals surface area contributed by atoms with E-state index in [1.165, 1.54) is 28.0 Å². The monoisotopic (exact) mass is 674 g/mol. The number of para-hydroxylation sites is 2. The molecule has 0 saturated carbocycles. The number of likely N-dealkylation sites (N-methyl/N-ethyl adjacent to an activating group) is 1. The van der Waals surface area contributed by atoms with Gasteiger partial charge >= 0.3 is 0 Å². The van der Waals surface area contributed by atoms with Crippen molar-refractivity contribution in [1.29, 1.82) is 0 Å². The molecule has 2 heterocycles. The molecule has 2 aliphatic heterocycles. The van der Waals surface area contributed by atoms with Crippen LogP contribution in [0.4, 0.5) is 22.7 Å². The minimum atomic E-state index is -0.678. The lowest BCUT2D eigenvalue weighted by molar-refractivity contribution is -0.385. The van der Waals surface area contributed by atoms with Crippen molar-refractivity contribution in [2.24, 2.45) is 0 Å². The summed E-state index contributed by atoms with van der Waals surface area (Å²) in [6.45, 7) is 6.34. The molecule has 2 aliphatic rings. The second kappa shape index (κ2) is 14.3. The van der Waals surface area contributed by atoms with Gasteiger partial charge in [-0.1, -0.05) is 54.1 Å². The highest BCUT2D eigenvalue weighted by atomic mass is 16.6. The zero-order chi connectivity index (χ0) is 35.5. The van der Waals surface area contributed by atoms with E-state index in [2.05, 4.69) is 10.2 Å². The van der Waals surface area contributed by atoms with Gasteiger partial charge in [-0.3, -0.25) is 29.3 Å². The Morgan fingerprint density at radius 1 is 0.800 bits per heavy atom. The summed E-state index contributed by atoms with van der Waals surface area (Å²) in [5.74, 6) is -1.66. The lowest BCUT2D eigenvalue weighted by atomic mass is 9.94. The Labute approximate surface area is 290 Å². The number of rotatable bonds is 7. The van der Waals surface area contributed by atoms with Crippen LogP contribution in [0.25, 0.3) is 11.1 Å². The van der Waals surface area contributed by atoms with Crippen LogP contribution in [0.5, 0.6) is 0 Å². The number of nitro benzene ring substituents is 1. The van der Waals surface area contributed by atoms with E-state index in [1.807, 2.05) is 51.2 Å². The number of nitrogens with zero attached hydrogens (tertiary/aromatic N) is 5. The number of hydrogen-bond acceptors (Lipinski definition) is 7. The van der Waals surface area contributed by atoms with Gasteiger partial charge in [0.1, 0.15) is 12.1 Å². The summed E-state index contributed by atoms with van der Waals surface area (Å²) in [6, 6.07) is 23.8. The molecule has 1 saturated heterocycles. The number of aryl methyl sites for hydroxylation is 2. The van der Waals surface area contributed by atoms with Gasteiger partial charge in [-0.05, 0) is 67.9 Å². The van der Waals surface area contributed by atoms with Gasteiger partial charge in [0.15, 0.2) is 0 Å². The summed E-state index contributed by atoms with van der Waals surface area (Å²) in [5, 5.41) is 15.1. The Balaban J connectivity index is 1.26. The highest BCUT2D eigenvalue weighted by Crippen LogP contribution is 2.36. The van der Waals surface area contributed by atoms with Gasteiger partial charge in [-0.25, -0.2) is 0 Å². The molecule has 0 aromatic heterocycles. The molecule has 0 atom stereocenters. The highest BCUT2D eigenvalue weighted by molar-refractivity contribution is 6.14. The molecule has 4 aromatic carbocycles. The van der Waals surface area contributed by atoms with Crippen LogP contribution in [0.15, 0.2) is 84.9 Å². The van der Waals surface area contributed by atoms with Crippen LogP contribution in [0.1, 0.15) is 38.3 Å². The second-order valence-corrected chi connectivity index (χ2v) is 12.7. The number of carbonyl (C=O) groups is 4. The number of nitro groups is 1. The third-order valence-corrected chi connectivity index (χ3v) is 9.23. The van der Waals surface area contributed by atoms with E-state index in [4.69, 9.17) is 0 Å². The molecule has 1 N–H and O–H groups in total. The maximum absolute atomic E-state index is 14.1. The zero-order valence-corrected chi connectivity index (χ0v) is 28.2. The number of hydrogen-bond donors (Lipinski definition) is 1. The number of piperazine rings is 1. The third kappa shape index (κ3) is 6.96. The Kier molecular flexibility index (Phi) is 9.73. The molecular formula is C38H38N6O6. The Bertz CT molecular complexity index is 2000. The van der Waals surface area contributed by atoms with Gasteiger partial charge in [0, 0.05) is 56.5 Å². The number of nitrogens with one attached hydrogen (secondary N) is 1. The Morgan fingerprint density at radius 3 is 2.22 bits per heavy atom. The number of amides is 4. The largest absolute Gasteiger partial charge is 0.339 e. The van der Waals surface area contributed by atoms with Gasteiger partial charge in [0.2, 0.25) is 11.8 Å². The molecule has 12 nitrogen and oxygen atoms in total. The predicted molar refractivity (Wildman–Crippen MR) is 192 cm³/mol. The molecular weight excluding hydrogens is 636 g/mol. The first kappa shape index (κ1) is 34.0. The van der Waals surface area contributed by atoms with Gasteiger partial charge in [0.05, 0.1) is 16.3 Å². The fraction of sp³-hybridized carbons (Fsp3) is 0.263. The Hall–Kier alpha value is -5.88. The van der Waals surface area contributed by atoms with Crippen LogP contribution >= 0.6 is 0 Å². The lowest BCUT2D eigenvalue weighted by Gasteiger charge is -2.34. The van der Waals surface area contributed by atoms with Crippen LogP contribution in [0.2, 0.25) is 0 Å². The molecule has 12 heteroatoms. The van der Waals surface area contributed by atoms with E-state index < -0.39 is 22.4 Å². The molecule has 50 heavy (non-hydrogen) atoms. The quantitative estimate of drug-likeness (QED) is 0.208. The van der Waals surface area contributed by atoms with Crippen molar-refractivity contribution in [3.63, 3.8) is 0 Å². The maximum atomic E-state index is 14.1. The van der Waals surface area contributed by atoms with Crippen molar-refractivity contribution in [3.05, 3.63) is 117 Å². The van der Waals surface area contributed by atoms with Gasteiger partial charge < -0.3 is 24.9 Å². The lowest BCUT2D eigenvalue weighted by Crippen LogP contribution is -2.50. The van der Waals surface area contributed by atoms with Crippen LogP contribution in [-0.2, 0) is 9.59 Å². The minimum Gasteiger partial charge on any atom is -0.339 e. The van der Waals surface area contributed by atoms with E-state index in [-0.39, 0.29) is 42.6 Å². The standard InChI is InChI=1S/C38H38N6O6/c1-25-12-14-28(26(2)22-25)29-8-4-5-9-30(29)37(47)39-27-13-15-31(34(23-27)44(49)50)38(48)42-17-16-35(45)43(33-11-7-6-10-32(33)42)24-36(46)41-20-18-40(3)19-21-41/h4-15,22-23H,16-21,24H2,1-3H3,(H,39,47). The summed E-state index contributed by atoms with van der Waals surface area (Å²) >= 11 is 0. The van der Waals surface area contributed by atoms with Crippen LogP contribution in [0.3, 0.4) is 0 Å². The molecule has 256 valence electrons. The summed E-state index contributed by atoms with van der Waals surface area (Å²) in [5.41, 5.74) is 4.30. The van der Waals surface area contributed by atoms with Gasteiger partial charge in [0.25, 0.3) is 17.5 Å². The van der Waals surface area contributed by atoms with Crippen molar-refractivity contribution in [1.82, 2.24) is 9.80 Å². The summed E-state index contributed by atoms with van der Waals surface area (Å²) in [7, 11) is 1.99. The smallest absolute Gasteiger partial charge is 0.284 e. The Morgan fingerprint density at radius 2 is 1.50 bits per heavy atom.